The quantitative estimate of drug-likeness (QED) is 0.510. The van der Waals surface area contributed by atoms with E-state index in [0.717, 1.165) is 14.5 Å². The SMILES string of the molecule is CCOc1cc(Br)cc(C=NNC(=O)Cc2ccc(Br)cc2)c1O. The Morgan fingerprint density at radius 1 is 1.25 bits per heavy atom. The van der Waals surface area contributed by atoms with Gasteiger partial charge in [0.05, 0.1) is 19.2 Å². The lowest BCUT2D eigenvalue weighted by Gasteiger charge is -2.08. The molecule has 0 aliphatic carbocycles. The molecule has 126 valence electrons. The molecule has 0 aliphatic heterocycles. The number of amides is 1. The number of ether oxygens (including phenoxy) is 1. The number of nitrogens with zero attached hydrogens (tertiary/aromatic N) is 1. The van der Waals surface area contributed by atoms with Crippen molar-refractivity contribution in [1.29, 1.82) is 0 Å². The van der Waals surface area contributed by atoms with E-state index >= 15 is 0 Å². The van der Waals surface area contributed by atoms with Crippen molar-refractivity contribution in [3.63, 3.8) is 0 Å². The van der Waals surface area contributed by atoms with Crippen LogP contribution in [0.2, 0.25) is 0 Å². The van der Waals surface area contributed by atoms with Gasteiger partial charge in [-0.3, -0.25) is 4.79 Å². The summed E-state index contributed by atoms with van der Waals surface area (Å²) in [6, 6.07) is 10.8. The van der Waals surface area contributed by atoms with E-state index in [9.17, 15) is 9.90 Å². The lowest BCUT2D eigenvalue weighted by atomic mass is 10.1. The van der Waals surface area contributed by atoms with Crippen LogP contribution in [0.1, 0.15) is 18.1 Å². The molecule has 2 N–H and O–H groups in total. The molecular formula is C17H16Br2N2O3. The van der Waals surface area contributed by atoms with Crippen LogP contribution in [-0.2, 0) is 11.2 Å². The highest BCUT2D eigenvalue weighted by molar-refractivity contribution is 9.10. The van der Waals surface area contributed by atoms with Crippen molar-refractivity contribution in [2.24, 2.45) is 5.10 Å². The summed E-state index contributed by atoms with van der Waals surface area (Å²) in [6.45, 7) is 2.26. The van der Waals surface area contributed by atoms with Crippen LogP contribution in [0.3, 0.4) is 0 Å². The Labute approximate surface area is 157 Å². The fraction of sp³-hybridized carbons (Fsp3) is 0.176. The average Bonchev–Trinajstić information content (AvgIpc) is 2.54. The van der Waals surface area contributed by atoms with Gasteiger partial charge < -0.3 is 9.84 Å². The number of halogens is 2. The Bertz CT molecular complexity index is 746. The third-order valence-corrected chi connectivity index (χ3v) is 4.03. The van der Waals surface area contributed by atoms with E-state index in [1.165, 1.54) is 6.21 Å². The number of hydrogen-bond donors (Lipinski definition) is 2. The molecule has 1 amide bonds. The van der Waals surface area contributed by atoms with E-state index in [2.05, 4.69) is 42.4 Å². The first-order chi connectivity index (χ1) is 11.5. The van der Waals surface area contributed by atoms with Crippen LogP contribution in [0.4, 0.5) is 0 Å². The summed E-state index contributed by atoms with van der Waals surface area (Å²) < 4.78 is 7.04. The number of carbonyl (C=O) groups is 1. The second kappa shape index (κ2) is 8.84. The molecule has 0 bridgehead atoms. The van der Waals surface area contributed by atoms with Gasteiger partial charge in [-0.05, 0) is 36.8 Å². The Balaban J connectivity index is 2.00. The molecule has 2 rings (SSSR count). The lowest BCUT2D eigenvalue weighted by molar-refractivity contribution is -0.120. The standard InChI is InChI=1S/C17H16Br2N2O3/c1-2-24-15-9-14(19)8-12(17(15)23)10-20-21-16(22)7-11-3-5-13(18)6-4-11/h3-6,8-10,23H,2,7H2,1H3,(H,21,22). The Morgan fingerprint density at radius 3 is 2.62 bits per heavy atom. The number of hydrazone groups is 1. The topological polar surface area (TPSA) is 70.9 Å². The summed E-state index contributed by atoms with van der Waals surface area (Å²) >= 11 is 6.69. The summed E-state index contributed by atoms with van der Waals surface area (Å²) in [5.74, 6) is 0.0913. The molecule has 0 heterocycles. The molecule has 0 aliphatic rings. The molecule has 24 heavy (non-hydrogen) atoms. The fourth-order valence-corrected chi connectivity index (χ4v) is 2.68. The molecular weight excluding hydrogens is 440 g/mol. The number of nitrogens with one attached hydrogen (secondary N) is 1. The monoisotopic (exact) mass is 454 g/mol. The maximum absolute atomic E-state index is 11.9. The van der Waals surface area contributed by atoms with Gasteiger partial charge in [-0.2, -0.15) is 5.10 Å². The summed E-state index contributed by atoms with van der Waals surface area (Å²) in [5, 5.41) is 14.0. The van der Waals surface area contributed by atoms with E-state index in [4.69, 9.17) is 4.74 Å². The molecule has 0 aromatic heterocycles. The van der Waals surface area contributed by atoms with E-state index in [1.807, 2.05) is 31.2 Å². The second-order valence-electron chi connectivity index (χ2n) is 4.87. The molecule has 2 aromatic rings. The smallest absolute Gasteiger partial charge is 0.244 e. The molecule has 0 radical (unpaired) electrons. The van der Waals surface area contributed by atoms with Crippen LogP contribution in [0.25, 0.3) is 0 Å². The summed E-state index contributed by atoms with van der Waals surface area (Å²) in [4.78, 5) is 11.9. The number of rotatable bonds is 6. The summed E-state index contributed by atoms with van der Waals surface area (Å²) in [7, 11) is 0. The van der Waals surface area contributed by atoms with Crippen LogP contribution in [0, 0.1) is 0 Å². The highest BCUT2D eigenvalue weighted by Crippen LogP contribution is 2.32. The summed E-state index contributed by atoms with van der Waals surface area (Å²) in [5.41, 5.74) is 3.77. The van der Waals surface area contributed by atoms with Gasteiger partial charge in [0.15, 0.2) is 11.5 Å². The predicted octanol–water partition coefficient (Wildman–Crippen LogP) is 4.01. The van der Waals surface area contributed by atoms with Crippen LogP contribution in [-0.4, -0.2) is 23.8 Å². The van der Waals surface area contributed by atoms with E-state index < -0.39 is 0 Å². The van der Waals surface area contributed by atoms with Gasteiger partial charge >= 0.3 is 0 Å². The Kier molecular flexibility index (Phi) is 6.81. The molecule has 7 heteroatoms. The molecule has 0 spiro atoms. The average molecular weight is 456 g/mol. The molecule has 0 atom stereocenters. The minimum Gasteiger partial charge on any atom is -0.504 e. The van der Waals surface area contributed by atoms with Crippen molar-refractivity contribution in [3.8, 4) is 11.5 Å². The largest absolute Gasteiger partial charge is 0.504 e. The van der Waals surface area contributed by atoms with Crippen LogP contribution >= 0.6 is 31.9 Å². The third-order valence-electron chi connectivity index (χ3n) is 3.04. The van der Waals surface area contributed by atoms with Crippen molar-refractivity contribution < 1.29 is 14.6 Å². The van der Waals surface area contributed by atoms with Gasteiger partial charge in [-0.15, -0.1) is 0 Å². The third kappa shape index (κ3) is 5.35. The Morgan fingerprint density at radius 2 is 1.96 bits per heavy atom. The van der Waals surface area contributed by atoms with E-state index in [-0.39, 0.29) is 18.1 Å². The zero-order valence-electron chi connectivity index (χ0n) is 12.9. The molecule has 0 unspecified atom stereocenters. The first-order valence-electron chi connectivity index (χ1n) is 7.21. The first-order valence-corrected chi connectivity index (χ1v) is 8.80. The highest BCUT2D eigenvalue weighted by atomic mass is 79.9. The maximum Gasteiger partial charge on any atom is 0.244 e. The van der Waals surface area contributed by atoms with E-state index in [1.54, 1.807) is 12.1 Å². The molecule has 2 aromatic carbocycles. The lowest BCUT2D eigenvalue weighted by Crippen LogP contribution is -2.19. The number of phenols is 1. The van der Waals surface area contributed by atoms with Crippen LogP contribution < -0.4 is 10.2 Å². The normalized spacial score (nSPS) is 10.8. The minimum absolute atomic E-state index is 0.0223. The zero-order chi connectivity index (χ0) is 17.5. The van der Waals surface area contributed by atoms with E-state index in [0.29, 0.717) is 17.9 Å². The van der Waals surface area contributed by atoms with Crippen molar-refractivity contribution in [2.45, 2.75) is 13.3 Å². The van der Waals surface area contributed by atoms with Gasteiger partial charge in [-0.25, -0.2) is 5.43 Å². The molecule has 0 saturated carbocycles. The number of hydrogen-bond acceptors (Lipinski definition) is 4. The Hall–Kier alpha value is -1.86. The van der Waals surface area contributed by atoms with Gasteiger partial charge in [0.1, 0.15) is 0 Å². The van der Waals surface area contributed by atoms with Crippen LogP contribution in [0.15, 0.2) is 50.4 Å². The predicted molar refractivity (Wildman–Crippen MR) is 101 cm³/mol. The molecule has 0 fully saturated rings. The van der Waals surface area contributed by atoms with Crippen LogP contribution in [0.5, 0.6) is 11.5 Å². The number of aromatic hydroxyl groups is 1. The van der Waals surface area contributed by atoms with Gasteiger partial charge in [0.2, 0.25) is 5.91 Å². The van der Waals surface area contributed by atoms with Gasteiger partial charge in [0, 0.05) is 14.5 Å². The second-order valence-corrected chi connectivity index (χ2v) is 6.70. The zero-order valence-corrected chi connectivity index (χ0v) is 16.1. The number of benzene rings is 2. The van der Waals surface area contributed by atoms with Crippen molar-refractivity contribution in [3.05, 3.63) is 56.5 Å². The summed E-state index contributed by atoms with van der Waals surface area (Å²) in [6.07, 6.45) is 1.60. The number of phenolic OH excluding ortho intramolecular Hbond substituents is 1. The van der Waals surface area contributed by atoms with Gasteiger partial charge in [0.25, 0.3) is 0 Å². The molecule has 5 nitrogen and oxygen atoms in total. The van der Waals surface area contributed by atoms with Crippen molar-refractivity contribution >= 4 is 44.0 Å². The fourth-order valence-electron chi connectivity index (χ4n) is 1.96. The van der Waals surface area contributed by atoms with Crippen molar-refractivity contribution in [2.75, 3.05) is 6.61 Å². The molecule has 0 saturated heterocycles. The van der Waals surface area contributed by atoms with Crippen molar-refractivity contribution in [1.82, 2.24) is 5.43 Å². The first kappa shape index (κ1) is 18.5. The number of carbonyl (C=O) groups excluding carboxylic acids is 1. The maximum atomic E-state index is 11.9. The van der Waals surface area contributed by atoms with Gasteiger partial charge in [-0.1, -0.05) is 44.0 Å². The highest BCUT2D eigenvalue weighted by Gasteiger charge is 2.09. The minimum atomic E-state index is -0.243.